The van der Waals surface area contributed by atoms with E-state index in [9.17, 15) is 0 Å². The van der Waals surface area contributed by atoms with Crippen molar-refractivity contribution in [1.82, 2.24) is 9.13 Å². The van der Waals surface area contributed by atoms with Crippen molar-refractivity contribution in [1.29, 1.82) is 0 Å². The maximum Gasteiger partial charge on any atom is 0.139 e. The molecular formula is C62H52N2O. The molecule has 65 heavy (non-hydrogen) atoms. The lowest BCUT2D eigenvalue weighted by Crippen LogP contribution is -2.59. The maximum absolute atomic E-state index is 7.77. The number of benzene rings is 7. The quantitative estimate of drug-likeness (QED) is 0.169. The number of aromatic nitrogens is 2. The van der Waals surface area contributed by atoms with Crippen LogP contribution in [0.3, 0.4) is 0 Å². The molecule has 8 saturated carbocycles. The number of rotatable bonds is 5. The van der Waals surface area contributed by atoms with Crippen LogP contribution in [0.25, 0.3) is 88.1 Å². The summed E-state index contributed by atoms with van der Waals surface area (Å²) in [7, 11) is 0. The zero-order chi connectivity index (χ0) is 42.0. The van der Waals surface area contributed by atoms with Crippen LogP contribution in [-0.2, 0) is 10.8 Å². The van der Waals surface area contributed by atoms with Crippen LogP contribution in [0.2, 0.25) is 0 Å². The Kier molecular flexibility index (Phi) is 6.42. The molecule has 3 aromatic heterocycles. The highest BCUT2D eigenvalue weighted by molar-refractivity contribution is 6.17. The molecule has 0 N–H and O–H groups in total. The van der Waals surface area contributed by atoms with Crippen LogP contribution in [0, 0.1) is 40.9 Å². The molecule has 316 valence electrons. The van der Waals surface area contributed by atoms with Gasteiger partial charge in [-0.25, -0.2) is 0 Å². The van der Waals surface area contributed by atoms with Gasteiger partial charge in [0.25, 0.3) is 0 Å². The normalized spacial score (nSPS) is 31.5. The minimum Gasteiger partial charge on any atom is -0.455 e. The van der Waals surface area contributed by atoms with Crippen LogP contribution in [0.4, 0.5) is 0 Å². The molecule has 8 aliphatic rings. The molecule has 6 bridgehead atoms. The summed E-state index contributed by atoms with van der Waals surface area (Å²) in [5.74, 6) is 5.31. The lowest BCUT2D eigenvalue weighted by atomic mass is 9.38. The first kappa shape index (κ1) is 35.2. The fourth-order valence-electron chi connectivity index (χ4n) is 18.2. The average Bonchev–Trinajstić information content (AvgIpc) is 4.12. The minimum absolute atomic E-state index is 0.148. The monoisotopic (exact) mass is 840 g/mol. The van der Waals surface area contributed by atoms with E-state index in [1.165, 1.54) is 170 Å². The SMILES string of the molecule is c1ccc(-c2cc(C34CC5CC6CC(C3)C65C4)c3oc4c(C56CC7CC(CC(C7)C5)C6)cc(-n5c6ccccc6c6c(-n7c8ccccc8c8ccccc87)cccc65)cc4c3c2)cc1. The molecular weight excluding hydrogens is 789 g/mol. The number of furan rings is 1. The topological polar surface area (TPSA) is 23.0 Å². The highest BCUT2D eigenvalue weighted by Gasteiger charge is 2.77. The molecule has 18 rings (SSSR count). The molecule has 8 fully saturated rings. The van der Waals surface area contributed by atoms with Gasteiger partial charge in [0.05, 0.1) is 27.8 Å². The van der Waals surface area contributed by atoms with Crippen LogP contribution in [0.5, 0.6) is 0 Å². The molecule has 8 aliphatic carbocycles. The van der Waals surface area contributed by atoms with Gasteiger partial charge in [-0.05, 0) is 183 Å². The number of fused-ring (bicyclic) bond motifs is 10. The fraction of sp³-hybridized carbons (Fsp3) is 0.323. The molecule has 0 saturated heterocycles. The molecule has 0 aliphatic heterocycles. The first-order valence-corrected chi connectivity index (χ1v) is 25.2. The molecule has 3 heteroatoms. The van der Waals surface area contributed by atoms with Gasteiger partial charge in [-0.1, -0.05) is 91.0 Å². The average molecular weight is 841 g/mol. The van der Waals surface area contributed by atoms with E-state index in [0.717, 1.165) is 35.5 Å². The van der Waals surface area contributed by atoms with Crippen LogP contribution >= 0.6 is 0 Å². The summed E-state index contributed by atoms with van der Waals surface area (Å²) >= 11 is 0. The largest absolute Gasteiger partial charge is 0.455 e. The van der Waals surface area contributed by atoms with Crippen molar-refractivity contribution < 1.29 is 4.42 Å². The highest BCUT2D eigenvalue weighted by atomic mass is 16.3. The number of nitrogens with zero attached hydrogens (tertiary/aromatic N) is 2. The summed E-state index contributed by atoms with van der Waals surface area (Å²) in [4.78, 5) is 0. The van der Waals surface area contributed by atoms with Crippen LogP contribution in [0.1, 0.15) is 81.8 Å². The van der Waals surface area contributed by atoms with Gasteiger partial charge in [0.2, 0.25) is 0 Å². The minimum atomic E-state index is 0.148. The second-order valence-corrected chi connectivity index (χ2v) is 22.9. The lowest BCUT2D eigenvalue weighted by Gasteiger charge is -2.66. The summed E-state index contributed by atoms with van der Waals surface area (Å²) in [6, 6.07) is 55.8. The van der Waals surface area contributed by atoms with Gasteiger partial charge in [-0.2, -0.15) is 0 Å². The lowest BCUT2D eigenvalue weighted by molar-refractivity contribution is -0.175. The highest BCUT2D eigenvalue weighted by Crippen LogP contribution is 2.84. The predicted molar refractivity (Wildman–Crippen MR) is 265 cm³/mol. The smallest absolute Gasteiger partial charge is 0.139 e. The van der Waals surface area contributed by atoms with Crippen molar-refractivity contribution in [3.8, 4) is 22.5 Å². The summed E-state index contributed by atoms with van der Waals surface area (Å²) in [6.07, 6.45) is 15.2. The maximum atomic E-state index is 7.77. The predicted octanol–water partition coefficient (Wildman–Crippen LogP) is 16.0. The van der Waals surface area contributed by atoms with Crippen molar-refractivity contribution in [3.63, 3.8) is 0 Å². The molecule has 1 spiro atoms. The number of para-hydroxylation sites is 3. The molecule has 3 nitrogen and oxygen atoms in total. The van der Waals surface area contributed by atoms with Crippen LogP contribution < -0.4 is 0 Å². The van der Waals surface area contributed by atoms with Crippen molar-refractivity contribution in [2.45, 2.75) is 81.5 Å². The van der Waals surface area contributed by atoms with Crippen molar-refractivity contribution in [2.24, 2.45) is 40.9 Å². The number of hydrogen-bond acceptors (Lipinski definition) is 1. The Balaban J connectivity index is 0.975. The first-order chi connectivity index (χ1) is 32.0. The second kappa shape index (κ2) is 11.8. The van der Waals surface area contributed by atoms with Gasteiger partial charge in [0.1, 0.15) is 11.2 Å². The third kappa shape index (κ3) is 4.28. The van der Waals surface area contributed by atoms with E-state index in [1.807, 2.05) is 0 Å². The Hall–Kier alpha value is -6.06. The van der Waals surface area contributed by atoms with Crippen LogP contribution in [0.15, 0.2) is 150 Å². The molecule has 7 aromatic carbocycles. The fourth-order valence-corrected chi connectivity index (χ4v) is 18.2. The van der Waals surface area contributed by atoms with Gasteiger partial charge in [0, 0.05) is 54.5 Å². The van der Waals surface area contributed by atoms with Gasteiger partial charge in [-0.3, -0.25) is 0 Å². The van der Waals surface area contributed by atoms with E-state index < -0.39 is 0 Å². The Morgan fingerprint density at radius 3 is 1.63 bits per heavy atom. The van der Waals surface area contributed by atoms with E-state index >= 15 is 0 Å². The van der Waals surface area contributed by atoms with E-state index in [-0.39, 0.29) is 10.8 Å². The number of hydrogen-bond donors (Lipinski definition) is 0. The summed E-state index contributed by atoms with van der Waals surface area (Å²) in [5.41, 5.74) is 16.6. The molecule has 2 unspecified atom stereocenters. The summed E-state index contributed by atoms with van der Waals surface area (Å²) < 4.78 is 12.9. The molecule has 3 heterocycles. The van der Waals surface area contributed by atoms with E-state index in [4.69, 9.17) is 4.42 Å². The van der Waals surface area contributed by atoms with Gasteiger partial charge in [-0.15, -0.1) is 0 Å². The Bertz CT molecular complexity index is 3620. The van der Waals surface area contributed by atoms with Crippen molar-refractivity contribution in [2.75, 3.05) is 0 Å². The molecule has 0 radical (unpaired) electrons. The standard InChI is InChI=1S/C62H52N2O/c1-2-11-39(12-3-1)40-24-48-49-28-44(63-54-18-9-6-15-47(54)57-55(63)19-10-20-56(57)64-52-16-7-4-13-45(52)46-14-5-8-17-53(46)64)29-51(60-30-36-21-37(31-60)23-38(22-36)32-60)59(49)65-58(48)50(25-40)61-33-42-26-41-27-43(34-61)62(41,42)35-61/h1-20,24-25,28-29,36-38,41-43H,21-23,26-27,30-35H2. The zero-order valence-corrected chi connectivity index (χ0v) is 36.9. The zero-order valence-electron chi connectivity index (χ0n) is 36.9. The Morgan fingerprint density at radius 1 is 0.415 bits per heavy atom. The van der Waals surface area contributed by atoms with E-state index in [0.29, 0.717) is 5.41 Å². The van der Waals surface area contributed by atoms with E-state index in [1.54, 1.807) is 0 Å². The van der Waals surface area contributed by atoms with Gasteiger partial charge in [0.15, 0.2) is 0 Å². The third-order valence-electron chi connectivity index (χ3n) is 20.0. The second-order valence-electron chi connectivity index (χ2n) is 22.9. The van der Waals surface area contributed by atoms with Crippen molar-refractivity contribution >= 4 is 65.6 Å². The third-order valence-corrected chi connectivity index (χ3v) is 20.0. The van der Waals surface area contributed by atoms with Gasteiger partial charge < -0.3 is 13.6 Å². The van der Waals surface area contributed by atoms with E-state index in [2.05, 4.69) is 155 Å². The van der Waals surface area contributed by atoms with Gasteiger partial charge >= 0.3 is 0 Å². The first-order valence-electron chi connectivity index (χ1n) is 25.2. The van der Waals surface area contributed by atoms with Crippen molar-refractivity contribution in [3.05, 3.63) is 157 Å². The molecule has 10 aromatic rings. The Labute approximate surface area is 379 Å². The van der Waals surface area contributed by atoms with Crippen LogP contribution in [-0.4, -0.2) is 9.13 Å². The summed E-state index contributed by atoms with van der Waals surface area (Å²) in [6.45, 7) is 0. The summed E-state index contributed by atoms with van der Waals surface area (Å²) in [5, 5.41) is 7.85. The molecule has 2 atom stereocenters. The molecule has 0 amide bonds. The Morgan fingerprint density at radius 2 is 0.985 bits per heavy atom.